The van der Waals surface area contributed by atoms with Crippen molar-refractivity contribution < 1.29 is 28.7 Å². The molecule has 1 aromatic rings. The van der Waals surface area contributed by atoms with E-state index in [1.54, 1.807) is 26.8 Å². The number of alkyl carbamates (subject to hydrolysis) is 1. The van der Waals surface area contributed by atoms with E-state index in [1.807, 2.05) is 0 Å². The summed E-state index contributed by atoms with van der Waals surface area (Å²) >= 11 is 0. The Bertz CT molecular complexity index is 883. The minimum absolute atomic E-state index is 0.0150. The average molecular weight is 446 g/mol. The van der Waals surface area contributed by atoms with Gasteiger partial charge in [0.1, 0.15) is 24.0 Å². The Morgan fingerprint density at radius 2 is 1.88 bits per heavy atom. The third-order valence-corrected chi connectivity index (χ3v) is 4.18. The van der Waals surface area contributed by atoms with Gasteiger partial charge >= 0.3 is 6.09 Å². The molecule has 0 heterocycles. The standard InChI is InChI=1S/C23H31N3O6/c1-6-13-31-19-11-10-16(15(2)27)14-17(19)21(29)25-12-8-7-9-18(20(24)28)26-22(30)32-23(3,4)5/h1,10-11,14,18H,7-9,12-13H2,2-5H3,(H2,24,28)(H,25,29)(H,26,30)/t18-/m0/s1. The normalized spacial score (nSPS) is 11.6. The highest BCUT2D eigenvalue weighted by molar-refractivity contribution is 6.01. The number of nitrogens with one attached hydrogen (secondary N) is 2. The predicted octanol–water partition coefficient (Wildman–Crippen LogP) is 2.18. The van der Waals surface area contributed by atoms with E-state index >= 15 is 0 Å². The fraction of sp³-hybridized carbons (Fsp3) is 0.478. The van der Waals surface area contributed by atoms with Gasteiger partial charge in [0.15, 0.2) is 5.78 Å². The van der Waals surface area contributed by atoms with Crippen LogP contribution in [0.3, 0.4) is 0 Å². The van der Waals surface area contributed by atoms with E-state index in [1.165, 1.54) is 19.1 Å². The molecule has 0 aliphatic carbocycles. The molecule has 0 bridgehead atoms. The second kappa shape index (κ2) is 12.3. The molecular formula is C23H31N3O6. The van der Waals surface area contributed by atoms with E-state index in [4.69, 9.17) is 21.6 Å². The van der Waals surface area contributed by atoms with Crippen LogP contribution < -0.4 is 21.1 Å². The van der Waals surface area contributed by atoms with Gasteiger partial charge in [0, 0.05) is 12.1 Å². The molecule has 9 nitrogen and oxygen atoms in total. The highest BCUT2D eigenvalue weighted by atomic mass is 16.6. The third-order valence-electron chi connectivity index (χ3n) is 4.18. The number of ether oxygens (including phenoxy) is 2. The van der Waals surface area contributed by atoms with Crippen LogP contribution >= 0.6 is 0 Å². The molecule has 1 atom stereocenters. The molecule has 0 radical (unpaired) electrons. The first-order valence-corrected chi connectivity index (χ1v) is 10.2. The van der Waals surface area contributed by atoms with Crippen molar-refractivity contribution in [1.82, 2.24) is 10.6 Å². The molecule has 0 aliphatic rings. The molecule has 3 amide bonds. The number of ketones is 1. The number of Topliss-reactive ketones (excluding diaryl/α,β-unsaturated/α-hetero) is 1. The lowest BCUT2D eigenvalue weighted by molar-refractivity contribution is -0.120. The number of carbonyl (C=O) groups excluding carboxylic acids is 4. The molecule has 0 fully saturated rings. The van der Waals surface area contributed by atoms with Gasteiger partial charge in [-0.05, 0) is 65.2 Å². The average Bonchev–Trinajstić information content (AvgIpc) is 2.69. The summed E-state index contributed by atoms with van der Waals surface area (Å²) in [4.78, 5) is 47.7. The number of amides is 3. The maximum atomic E-state index is 12.6. The van der Waals surface area contributed by atoms with E-state index < -0.39 is 29.6 Å². The van der Waals surface area contributed by atoms with Crippen LogP contribution in [-0.4, -0.2) is 48.5 Å². The van der Waals surface area contributed by atoms with Crippen molar-refractivity contribution in [3.63, 3.8) is 0 Å². The Hall–Kier alpha value is -3.54. The van der Waals surface area contributed by atoms with Crippen LogP contribution in [0.15, 0.2) is 18.2 Å². The van der Waals surface area contributed by atoms with Crippen LogP contribution in [0.2, 0.25) is 0 Å². The fourth-order valence-corrected chi connectivity index (χ4v) is 2.68. The molecule has 1 aromatic carbocycles. The summed E-state index contributed by atoms with van der Waals surface area (Å²) in [5.41, 5.74) is 5.23. The summed E-state index contributed by atoms with van der Waals surface area (Å²) in [5, 5.41) is 5.20. The van der Waals surface area contributed by atoms with Crippen molar-refractivity contribution >= 4 is 23.7 Å². The minimum atomic E-state index is -0.878. The van der Waals surface area contributed by atoms with Crippen LogP contribution in [0, 0.1) is 12.3 Å². The molecule has 1 rings (SSSR count). The molecule has 0 saturated carbocycles. The first kappa shape index (κ1) is 26.5. The summed E-state index contributed by atoms with van der Waals surface area (Å²) in [6, 6.07) is 3.67. The van der Waals surface area contributed by atoms with Gasteiger partial charge in [-0.25, -0.2) is 4.79 Å². The summed E-state index contributed by atoms with van der Waals surface area (Å²) in [5.74, 6) is 1.34. The van der Waals surface area contributed by atoms with Crippen molar-refractivity contribution in [2.45, 2.75) is 58.6 Å². The van der Waals surface area contributed by atoms with E-state index in [9.17, 15) is 19.2 Å². The second-order valence-electron chi connectivity index (χ2n) is 8.11. The van der Waals surface area contributed by atoms with Crippen LogP contribution in [0.5, 0.6) is 5.75 Å². The number of hydrogen-bond acceptors (Lipinski definition) is 6. The summed E-state index contributed by atoms with van der Waals surface area (Å²) in [7, 11) is 0. The number of terminal acetylenes is 1. The van der Waals surface area contributed by atoms with Gasteiger partial charge in [-0.3, -0.25) is 14.4 Å². The molecular weight excluding hydrogens is 414 g/mol. The lowest BCUT2D eigenvalue weighted by Crippen LogP contribution is -2.46. The zero-order valence-electron chi connectivity index (χ0n) is 18.9. The zero-order valence-corrected chi connectivity index (χ0v) is 18.9. The molecule has 0 unspecified atom stereocenters. The molecule has 4 N–H and O–H groups in total. The van der Waals surface area contributed by atoms with Gasteiger partial charge in [-0.15, -0.1) is 6.42 Å². The van der Waals surface area contributed by atoms with Crippen molar-refractivity contribution in [3.8, 4) is 18.1 Å². The Morgan fingerprint density at radius 1 is 1.19 bits per heavy atom. The third kappa shape index (κ3) is 9.51. The molecule has 0 spiro atoms. The minimum Gasteiger partial charge on any atom is -0.480 e. The van der Waals surface area contributed by atoms with Crippen LogP contribution in [0.1, 0.15) is 67.7 Å². The van der Waals surface area contributed by atoms with Gasteiger partial charge < -0.3 is 25.8 Å². The van der Waals surface area contributed by atoms with Gasteiger partial charge in [-0.1, -0.05) is 5.92 Å². The number of nitrogens with two attached hydrogens (primary N) is 1. The van der Waals surface area contributed by atoms with Gasteiger partial charge in [-0.2, -0.15) is 0 Å². The first-order valence-electron chi connectivity index (χ1n) is 10.2. The molecule has 0 aliphatic heterocycles. The Morgan fingerprint density at radius 3 is 2.44 bits per heavy atom. The second-order valence-corrected chi connectivity index (χ2v) is 8.11. The summed E-state index contributed by atoms with van der Waals surface area (Å²) in [6.45, 7) is 6.82. The maximum Gasteiger partial charge on any atom is 0.408 e. The van der Waals surface area contributed by atoms with Crippen LogP contribution in [-0.2, 0) is 9.53 Å². The summed E-state index contributed by atoms with van der Waals surface area (Å²) in [6.07, 6.45) is 5.81. The van der Waals surface area contributed by atoms with E-state index in [0.29, 0.717) is 31.4 Å². The smallest absolute Gasteiger partial charge is 0.408 e. The highest BCUT2D eigenvalue weighted by Gasteiger charge is 2.22. The van der Waals surface area contributed by atoms with Crippen molar-refractivity contribution in [2.24, 2.45) is 5.73 Å². The monoisotopic (exact) mass is 445 g/mol. The number of unbranched alkanes of at least 4 members (excludes halogenated alkanes) is 1. The number of carbonyl (C=O) groups is 4. The lowest BCUT2D eigenvalue weighted by Gasteiger charge is -2.22. The lowest BCUT2D eigenvalue weighted by atomic mass is 10.1. The quantitative estimate of drug-likeness (QED) is 0.271. The van der Waals surface area contributed by atoms with E-state index in [-0.39, 0.29) is 23.7 Å². The van der Waals surface area contributed by atoms with Crippen LogP contribution in [0.4, 0.5) is 4.79 Å². The SMILES string of the molecule is C#CCOc1ccc(C(C)=O)cc1C(=O)NCCCC[C@H](NC(=O)OC(C)(C)C)C(N)=O. The van der Waals surface area contributed by atoms with Crippen molar-refractivity contribution in [1.29, 1.82) is 0 Å². The number of rotatable bonds is 11. The molecule has 0 aromatic heterocycles. The number of primary amides is 1. The Labute approximate surface area is 188 Å². The predicted molar refractivity (Wildman–Crippen MR) is 119 cm³/mol. The first-order chi connectivity index (χ1) is 14.9. The molecule has 9 heteroatoms. The summed E-state index contributed by atoms with van der Waals surface area (Å²) < 4.78 is 10.5. The zero-order chi connectivity index (χ0) is 24.3. The largest absolute Gasteiger partial charge is 0.480 e. The van der Waals surface area contributed by atoms with Crippen molar-refractivity contribution in [2.75, 3.05) is 13.2 Å². The van der Waals surface area contributed by atoms with Gasteiger partial charge in [0.25, 0.3) is 5.91 Å². The Balaban J connectivity index is 2.60. The molecule has 32 heavy (non-hydrogen) atoms. The Kier molecular flexibility index (Phi) is 10.2. The maximum absolute atomic E-state index is 12.6. The van der Waals surface area contributed by atoms with E-state index in [2.05, 4.69) is 16.6 Å². The van der Waals surface area contributed by atoms with Crippen molar-refractivity contribution in [3.05, 3.63) is 29.3 Å². The van der Waals surface area contributed by atoms with E-state index in [0.717, 1.165) is 0 Å². The fourth-order valence-electron chi connectivity index (χ4n) is 2.68. The number of benzene rings is 1. The van der Waals surface area contributed by atoms with Gasteiger partial charge in [0.2, 0.25) is 5.91 Å². The highest BCUT2D eigenvalue weighted by Crippen LogP contribution is 2.21. The topological polar surface area (TPSA) is 137 Å². The van der Waals surface area contributed by atoms with Gasteiger partial charge in [0.05, 0.1) is 5.56 Å². The molecule has 174 valence electrons. The molecule has 0 saturated heterocycles. The van der Waals surface area contributed by atoms with Crippen LogP contribution in [0.25, 0.3) is 0 Å². The number of hydrogen-bond donors (Lipinski definition) is 3.